The summed E-state index contributed by atoms with van der Waals surface area (Å²) in [5, 5.41) is 0. The van der Waals surface area contributed by atoms with Crippen molar-refractivity contribution in [3.05, 3.63) is 103 Å². The van der Waals surface area contributed by atoms with Crippen LogP contribution in [0.1, 0.15) is 55.6 Å². The number of rotatable bonds is 2. The van der Waals surface area contributed by atoms with Crippen LogP contribution in [-0.4, -0.2) is 36.1 Å². The number of aliphatic imine (C=N–C) groups is 2. The molecule has 3 aromatic carbocycles. The third-order valence-corrected chi connectivity index (χ3v) is 8.61. The van der Waals surface area contributed by atoms with Gasteiger partial charge in [-0.3, -0.25) is 0 Å². The average molecular weight is 958 g/mol. The smallest absolute Gasteiger partial charge is 0.246 e. The Kier molecular flexibility index (Phi) is 11.0. The molecule has 29 heteroatoms. The van der Waals surface area contributed by atoms with Crippen molar-refractivity contribution >= 4 is 33.9 Å². The summed E-state index contributed by atoms with van der Waals surface area (Å²) in [4.78, 5) is 5.19. The maximum atomic E-state index is 15.2. The van der Waals surface area contributed by atoms with E-state index in [0.29, 0.717) is 6.92 Å². The van der Waals surface area contributed by atoms with Gasteiger partial charge in [0.25, 0.3) is 0 Å². The molecule has 0 spiro atoms. The molecule has 5 rings (SSSR count). The zero-order valence-corrected chi connectivity index (χ0v) is 29.1. The van der Waals surface area contributed by atoms with E-state index in [4.69, 9.17) is 0 Å². The summed E-state index contributed by atoms with van der Waals surface area (Å²) in [6.45, 7) is 0.594. The van der Waals surface area contributed by atoms with E-state index in [1.807, 2.05) is 0 Å². The molecule has 0 N–H and O–H groups in total. The van der Waals surface area contributed by atoms with Crippen LogP contribution >= 0.6 is 0 Å². The Morgan fingerprint density at radius 3 is 0.873 bits per heavy atom. The summed E-state index contributed by atoms with van der Waals surface area (Å²) in [5.74, 6) is 0. The van der Waals surface area contributed by atoms with E-state index in [0.717, 1.165) is 0 Å². The van der Waals surface area contributed by atoms with E-state index in [1.54, 1.807) is 0 Å². The standard InChI is InChI=1S/C34H9F27N2/c1-8-2-9(4-11(3-8)26(35,36)37)20-16(24(31(50,51)52)32(53,54)55)14-18(29(44,45)46)23-15(19(22(14)62-20)30(47,48)49)17(25(33(56,57)58)34(59,60)61)21(63-23)10-5-12(27(38,39)40)7-13(6-10)28(41,42)43/h2-7H,1H3. The van der Waals surface area contributed by atoms with Gasteiger partial charge in [0.2, 0.25) is 0 Å². The second-order valence-electron chi connectivity index (χ2n) is 13.0. The number of aryl methyl sites for hydroxylation is 1. The monoisotopic (exact) mass is 958 g/mol. The summed E-state index contributed by atoms with van der Waals surface area (Å²) >= 11 is 0. The highest BCUT2D eigenvalue weighted by Crippen LogP contribution is 2.63. The molecule has 0 saturated carbocycles. The van der Waals surface area contributed by atoms with Gasteiger partial charge in [-0.25, -0.2) is 9.98 Å². The van der Waals surface area contributed by atoms with Crippen molar-refractivity contribution in [1.29, 1.82) is 0 Å². The van der Waals surface area contributed by atoms with Crippen molar-refractivity contribution in [3.8, 4) is 0 Å². The van der Waals surface area contributed by atoms with Gasteiger partial charge in [-0.2, -0.15) is 119 Å². The highest BCUT2D eigenvalue weighted by Gasteiger charge is 2.61. The summed E-state index contributed by atoms with van der Waals surface area (Å²) in [6, 6.07) is -2.85. The lowest BCUT2D eigenvalue weighted by molar-refractivity contribution is -0.172. The molecule has 63 heavy (non-hydrogen) atoms. The molecule has 0 fully saturated rings. The number of hydrogen-bond acceptors (Lipinski definition) is 2. The van der Waals surface area contributed by atoms with E-state index < -0.39 is 181 Å². The lowest BCUT2D eigenvalue weighted by Crippen LogP contribution is -2.30. The summed E-state index contributed by atoms with van der Waals surface area (Å²) in [5.41, 5.74) is -53.6. The van der Waals surface area contributed by atoms with Gasteiger partial charge >= 0.3 is 55.6 Å². The SMILES string of the molecule is Cc1cc(C2=Nc3c(c(C(F)(F)F)c4c(c3C(F)(F)F)C(=C(C(F)(F)F)C(F)(F)F)C(c3cc(C(F)(F)F)cc(C(F)(F)F)c3)=N4)C2=C(C(F)(F)F)C(F)(F)F)cc(C(F)(F)F)c1. The van der Waals surface area contributed by atoms with E-state index in [9.17, 15) is 92.2 Å². The summed E-state index contributed by atoms with van der Waals surface area (Å²) < 4.78 is 389. The molecular formula is C34H9F27N2. The lowest BCUT2D eigenvalue weighted by Gasteiger charge is -2.25. The van der Waals surface area contributed by atoms with Crippen LogP contribution in [0.2, 0.25) is 0 Å². The quantitative estimate of drug-likeness (QED) is 0.229. The minimum Gasteiger partial charge on any atom is -0.246 e. The first-order chi connectivity index (χ1) is 27.9. The Hall–Kier alpha value is -5.41. The van der Waals surface area contributed by atoms with Crippen LogP contribution in [-0.2, 0) is 30.9 Å². The molecule has 2 aliphatic rings. The second-order valence-corrected chi connectivity index (χ2v) is 13.0. The molecule has 0 aromatic heterocycles. The number of benzene rings is 3. The molecule has 0 radical (unpaired) electrons. The number of fused-ring (bicyclic) bond motifs is 2. The fourth-order valence-corrected chi connectivity index (χ4v) is 6.53. The maximum Gasteiger partial charge on any atom is 0.422 e. The summed E-state index contributed by atoms with van der Waals surface area (Å²) in [6.07, 6.45) is -60.8. The van der Waals surface area contributed by atoms with Crippen LogP contribution in [0.3, 0.4) is 0 Å². The highest BCUT2D eigenvalue weighted by molar-refractivity contribution is 6.41. The van der Waals surface area contributed by atoms with E-state index in [-0.39, 0.29) is 12.1 Å². The topological polar surface area (TPSA) is 24.7 Å². The molecule has 0 amide bonds. The zero-order valence-electron chi connectivity index (χ0n) is 29.1. The minimum atomic E-state index is -7.28. The molecule has 3 aromatic rings. The van der Waals surface area contributed by atoms with Gasteiger partial charge in [-0.1, -0.05) is 0 Å². The van der Waals surface area contributed by atoms with Gasteiger partial charge in [-0.15, -0.1) is 0 Å². The van der Waals surface area contributed by atoms with Crippen molar-refractivity contribution in [1.82, 2.24) is 0 Å². The molecule has 2 aliphatic heterocycles. The van der Waals surface area contributed by atoms with Crippen LogP contribution < -0.4 is 0 Å². The molecule has 0 saturated heterocycles. The fraction of sp³-hybridized carbons (Fsp3) is 0.294. The van der Waals surface area contributed by atoms with Gasteiger partial charge in [-0.05, 0) is 48.9 Å². The molecule has 0 bridgehead atoms. The average Bonchev–Trinajstić information content (AvgIpc) is 3.56. The lowest BCUT2D eigenvalue weighted by atomic mass is 9.82. The number of alkyl halides is 27. The van der Waals surface area contributed by atoms with E-state index in [1.165, 1.54) is 0 Å². The van der Waals surface area contributed by atoms with Crippen LogP contribution in [0.15, 0.2) is 57.5 Å². The third kappa shape index (κ3) is 9.04. The first-order valence-electron chi connectivity index (χ1n) is 15.7. The van der Waals surface area contributed by atoms with Crippen molar-refractivity contribution in [2.75, 3.05) is 0 Å². The Balaban J connectivity index is 2.24. The second kappa shape index (κ2) is 14.3. The van der Waals surface area contributed by atoms with Gasteiger partial charge < -0.3 is 0 Å². The Labute approximate surface area is 328 Å². The molecular weight excluding hydrogens is 949 g/mol. The minimum absolute atomic E-state index is 0.0852. The first kappa shape index (κ1) is 48.6. The third-order valence-electron chi connectivity index (χ3n) is 8.61. The number of nitrogens with zero attached hydrogens (tertiary/aromatic N) is 2. The Morgan fingerprint density at radius 1 is 0.349 bits per heavy atom. The van der Waals surface area contributed by atoms with Crippen LogP contribution in [0.25, 0.3) is 11.1 Å². The molecule has 0 atom stereocenters. The Morgan fingerprint density at radius 2 is 0.619 bits per heavy atom. The number of hydrogen-bond donors (Lipinski definition) is 0. The molecule has 2 heterocycles. The van der Waals surface area contributed by atoms with Crippen molar-refractivity contribution in [2.45, 2.75) is 62.5 Å². The molecule has 0 unspecified atom stereocenters. The zero-order chi connectivity index (χ0) is 48.5. The molecule has 344 valence electrons. The van der Waals surface area contributed by atoms with Gasteiger partial charge in [0.05, 0.1) is 50.6 Å². The fourth-order valence-electron chi connectivity index (χ4n) is 6.53. The van der Waals surface area contributed by atoms with Crippen molar-refractivity contribution < 1.29 is 119 Å². The normalized spacial score (nSPS) is 15.7. The van der Waals surface area contributed by atoms with Crippen molar-refractivity contribution in [2.24, 2.45) is 9.98 Å². The number of halogens is 27. The van der Waals surface area contributed by atoms with Crippen molar-refractivity contribution in [3.63, 3.8) is 0 Å². The van der Waals surface area contributed by atoms with Gasteiger partial charge in [0.1, 0.15) is 11.1 Å². The summed E-state index contributed by atoms with van der Waals surface area (Å²) in [7, 11) is 0. The van der Waals surface area contributed by atoms with Crippen LogP contribution in [0.4, 0.5) is 130 Å². The largest absolute Gasteiger partial charge is 0.422 e. The maximum absolute atomic E-state index is 15.2. The highest BCUT2D eigenvalue weighted by atomic mass is 19.4. The predicted molar refractivity (Wildman–Crippen MR) is 160 cm³/mol. The predicted octanol–water partition coefficient (Wildman–Crippen LogP) is 15.1. The van der Waals surface area contributed by atoms with E-state index >= 15 is 26.3 Å². The molecule has 2 nitrogen and oxygen atoms in total. The van der Waals surface area contributed by atoms with Gasteiger partial charge in [0, 0.05) is 33.4 Å². The Bertz CT molecular complexity index is 2450. The van der Waals surface area contributed by atoms with Crippen LogP contribution in [0, 0.1) is 6.92 Å². The first-order valence-corrected chi connectivity index (χ1v) is 15.7. The van der Waals surface area contributed by atoms with Gasteiger partial charge in [0.15, 0.2) is 0 Å². The van der Waals surface area contributed by atoms with Crippen LogP contribution in [0.5, 0.6) is 0 Å². The molecule has 0 aliphatic carbocycles. The van der Waals surface area contributed by atoms with E-state index in [2.05, 4.69) is 9.98 Å². The number of allylic oxidation sites excluding steroid dienone is 4.